The lowest BCUT2D eigenvalue weighted by atomic mass is 10.1. The van der Waals surface area contributed by atoms with Gasteiger partial charge < -0.3 is 20.1 Å². The summed E-state index contributed by atoms with van der Waals surface area (Å²) in [7, 11) is 0. The van der Waals surface area contributed by atoms with Crippen LogP contribution in [0.3, 0.4) is 0 Å². The number of amides is 2. The Balaban J connectivity index is 1.80. The van der Waals surface area contributed by atoms with Crippen LogP contribution in [-0.2, 0) is 11.2 Å². The van der Waals surface area contributed by atoms with E-state index in [2.05, 4.69) is 10.6 Å². The molecule has 0 aliphatic heterocycles. The molecule has 6 nitrogen and oxygen atoms in total. The van der Waals surface area contributed by atoms with Crippen molar-refractivity contribution in [2.24, 2.45) is 0 Å². The first kappa shape index (κ1) is 22.8. The quantitative estimate of drug-likeness (QED) is 0.589. The number of rotatable bonds is 10. The minimum atomic E-state index is -0.435. The first-order chi connectivity index (χ1) is 13.9. The van der Waals surface area contributed by atoms with Crippen molar-refractivity contribution in [3.05, 3.63) is 57.6 Å². The van der Waals surface area contributed by atoms with Crippen LogP contribution in [0.5, 0.6) is 11.5 Å². The third kappa shape index (κ3) is 7.15. The van der Waals surface area contributed by atoms with Crippen molar-refractivity contribution in [3.63, 3.8) is 0 Å². The van der Waals surface area contributed by atoms with Crippen molar-refractivity contribution in [1.82, 2.24) is 10.6 Å². The molecule has 8 heteroatoms. The van der Waals surface area contributed by atoms with Crippen LogP contribution < -0.4 is 20.1 Å². The maximum Gasteiger partial charge on any atom is 0.253 e. The van der Waals surface area contributed by atoms with E-state index in [1.54, 1.807) is 6.07 Å². The molecule has 0 heterocycles. The lowest BCUT2D eigenvalue weighted by Gasteiger charge is -2.13. The van der Waals surface area contributed by atoms with E-state index in [9.17, 15) is 9.59 Å². The Labute approximate surface area is 180 Å². The smallest absolute Gasteiger partial charge is 0.253 e. The first-order valence-corrected chi connectivity index (χ1v) is 10.1. The van der Waals surface area contributed by atoms with Crippen LogP contribution in [0.2, 0.25) is 10.0 Å². The highest BCUT2D eigenvalue weighted by molar-refractivity contribution is 6.36. The average molecular weight is 439 g/mol. The Hall–Kier alpha value is -2.44. The van der Waals surface area contributed by atoms with Gasteiger partial charge in [-0.3, -0.25) is 9.59 Å². The van der Waals surface area contributed by atoms with Gasteiger partial charge >= 0.3 is 0 Å². The Bertz CT molecular complexity index is 859. The fraction of sp³-hybridized carbons (Fsp3) is 0.333. The minimum Gasteiger partial charge on any atom is -0.490 e. The summed E-state index contributed by atoms with van der Waals surface area (Å²) in [5, 5.41) is 5.98. The van der Waals surface area contributed by atoms with Gasteiger partial charge in [0.25, 0.3) is 5.91 Å². The van der Waals surface area contributed by atoms with E-state index in [0.717, 1.165) is 5.56 Å². The zero-order valence-electron chi connectivity index (χ0n) is 16.4. The van der Waals surface area contributed by atoms with Gasteiger partial charge in [-0.05, 0) is 56.2 Å². The number of ether oxygens (including phenoxy) is 2. The molecule has 2 N–H and O–H groups in total. The van der Waals surface area contributed by atoms with Gasteiger partial charge in [-0.15, -0.1) is 0 Å². The molecule has 2 amide bonds. The SMILES string of the molecule is CCOc1ccc(CCNC(=O)CNC(=O)c2ccc(Cl)cc2Cl)cc1OCC. The van der Waals surface area contributed by atoms with Crippen LogP contribution in [0.4, 0.5) is 0 Å². The molecule has 0 saturated carbocycles. The summed E-state index contributed by atoms with van der Waals surface area (Å²) in [5.74, 6) is 0.657. The van der Waals surface area contributed by atoms with Gasteiger partial charge in [0.05, 0.1) is 30.3 Å². The highest BCUT2D eigenvalue weighted by Crippen LogP contribution is 2.28. The summed E-state index contributed by atoms with van der Waals surface area (Å²) in [6, 6.07) is 10.3. The number of benzene rings is 2. The molecule has 0 aliphatic carbocycles. The first-order valence-electron chi connectivity index (χ1n) is 9.33. The van der Waals surface area contributed by atoms with Gasteiger partial charge in [0, 0.05) is 11.6 Å². The normalized spacial score (nSPS) is 10.3. The minimum absolute atomic E-state index is 0.148. The summed E-state index contributed by atoms with van der Waals surface area (Å²) >= 11 is 11.8. The molecule has 2 rings (SSSR count). The second-order valence-electron chi connectivity index (χ2n) is 6.05. The van der Waals surface area contributed by atoms with E-state index in [1.807, 2.05) is 32.0 Å². The molecule has 2 aromatic rings. The third-order valence-corrected chi connectivity index (χ3v) is 4.48. The van der Waals surface area contributed by atoms with Crippen LogP contribution in [0.25, 0.3) is 0 Å². The molecule has 2 aromatic carbocycles. The van der Waals surface area contributed by atoms with E-state index in [4.69, 9.17) is 32.7 Å². The highest BCUT2D eigenvalue weighted by atomic mass is 35.5. The number of carbonyl (C=O) groups excluding carboxylic acids is 2. The predicted octanol–water partition coefficient (Wildman–Crippen LogP) is 3.88. The van der Waals surface area contributed by atoms with Gasteiger partial charge in [-0.25, -0.2) is 0 Å². The largest absolute Gasteiger partial charge is 0.490 e. The lowest BCUT2D eigenvalue weighted by Crippen LogP contribution is -2.37. The molecular formula is C21H24Cl2N2O4. The zero-order valence-corrected chi connectivity index (χ0v) is 17.9. The van der Waals surface area contributed by atoms with Crippen molar-refractivity contribution in [3.8, 4) is 11.5 Å². The molecule has 0 unspecified atom stereocenters. The van der Waals surface area contributed by atoms with Crippen LogP contribution in [0, 0.1) is 0 Å². The molecule has 29 heavy (non-hydrogen) atoms. The number of hydrogen-bond donors (Lipinski definition) is 2. The fourth-order valence-corrected chi connectivity index (χ4v) is 3.08. The van der Waals surface area contributed by atoms with Gasteiger partial charge in [0.1, 0.15) is 0 Å². The van der Waals surface area contributed by atoms with E-state index in [1.165, 1.54) is 12.1 Å². The van der Waals surface area contributed by atoms with Gasteiger partial charge in [0.2, 0.25) is 5.91 Å². The summed E-state index contributed by atoms with van der Waals surface area (Å²) in [6.07, 6.45) is 0.620. The maximum absolute atomic E-state index is 12.1. The van der Waals surface area contributed by atoms with Gasteiger partial charge in [-0.1, -0.05) is 29.3 Å². The Morgan fingerprint density at radius 3 is 2.34 bits per heavy atom. The van der Waals surface area contributed by atoms with Crippen molar-refractivity contribution in [2.45, 2.75) is 20.3 Å². The number of nitrogens with one attached hydrogen (secondary N) is 2. The summed E-state index contributed by atoms with van der Waals surface area (Å²) in [5.41, 5.74) is 1.27. The fourth-order valence-electron chi connectivity index (χ4n) is 2.59. The van der Waals surface area contributed by atoms with E-state index >= 15 is 0 Å². The average Bonchev–Trinajstić information content (AvgIpc) is 2.68. The highest BCUT2D eigenvalue weighted by Gasteiger charge is 2.12. The molecule has 0 bridgehead atoms. The molecular weight excluding hydrogens is 415 g/mol. The number of halogens is 2. The van der Waals surface area contributed by atoms with Crippen LogP contribution in [0.1, 0.15) is 29.8 Å². The van der Waals surface area contributed by atoms with Crippen LogP contribution >= 0.6 is 23.2 Å². The summed E-state index contributed by atoms with van der Waals surface area (Å²) in [4.78, 5) is 24.1. The summed E-state index contributed by atoms with van der Waals surface area (Å²) in [6.45, 7) is 5.20. The zero-order chi connectivity index (χ0) is 21.2. The topological polar surface area (TPSA) is 76.7 Å². The molecule has 0 atom stereocenters. The molecule has 156 valence electrons. The maximum atomic E-state index is 12.1. The van der Waals surface area contributed by atoms with E-state index in [-0.39, 0.29) is 23.0 Å². The molecule has 0 radical (unpaired) electrons. The predicted molar refractivity (Wildman–Crippen MR) is 114 cm³/mol. The Kier molecular flexibility index (Phi) is 9.09. The second kappa shape index (κ2) is 11.5. The molecule has 0 fully saturated rings. The van der Waals surface area contributed by atoms with Gasteiger partial charge in [0.15, 0.2) is 11.5 Å². The van der Waals surface area contributed by atoms with Crippen LogP contribution in [-0.4, -0.2) is 38.1 Å². The number of carbonyl (C=O) groups is 2. The molecule has 0 spiro atoms. The van der Waals surface area contributed by atoms with Crippen LogP contribution in [0.15, 0.2) is 36.4 Å². The standard InChI is InChI=1S/C21H24Cl2N2O4/c1-3-28-18-8-5-14(11-19(18)29-4-2)9-10-24-20(26)13-25-21(27)16-7-6-15(22)12-17(16)23/h5-8,11-12H,3-4,9-10,13H2,1-2H3,(H,24,26)(H,25,27). The second-order valence-corrected chi connectivity index (χ2v) is 6.90. The van der Waals surface area contributed by atoms with E-state index < -0.39 is 5.91 Å². The number of hydrogen-bond acceptors (Lipinski definition) is 4. The monoisotopic (exact) mass is 438 g/mol. The van der Waals surface area contributed by atoms with E-state index in [0.29, 0.717) is 42.7 Å². The van der Waals surface area contributed by atoms with Gasteiger partial charge in [-0.2, -0.15) is 0 Å². The summed E-state index contributed by atoms with van der Waals surface area (Å²) < 4.78 is 11.1. The molecule has 0 aliphatic rings. The van der Waals surface area contributed by atoms with Crippen molar-refractivity contribution < 1.29 is 19.1 Å². The Morgan fingerprint density at radius 2 is 1.66 bits per heavy atom. The van der Waals surface area contributed by atoms with Crippen molar-refractivity contribution >= 4 is 35.0 Å². The third-order valence-electron chi connectivity index (χ3n) is 3.93. The van der Waals surface area contributed by atoms with Crippen molar-refractivity contribution in [1.29, 1.82) is 0 Å². The van der Waals surface area contributed by atoms with Crippen molar-refractivity contribution in [2.75, 3.05) is 26.3 Å². The molecule has 0 saturated heterocycles. The molecule has 0 aromatic heterocycles. The lowest BCUT2D eigenvalue weighted by molar-refractivity contribution is -0.120. The Morgan fingerprint density at radius 1 is 0.931 bits per heavy atom.